The number of carbonyl (C=O) groups excluding carboxylic acids is 1. The Morgan fingerprint density at radius 2 is 2.12 bits per heavy atom. The molecule has 5 nitrogen and oxygen atoms in total. The minimum Gasteiger partial charge on any atom is -0.309 e. The molecule has 3 aromatic rings. The summed E-state index contributed by atoms with van der Waals surface area (Å²) in [5.74, 6) is 0.241. The van der Waals surface area contributed by atoms with Crippen LogP contribution >= 0.6 is 11.3 Å². The molecule has 0 bridgehead atoms. The molecule has 25 heavy (non-hydrogen) atoms. The summed E-state index contributed by atoms with van der Waals surface area (Å²) in [7, 11) is 0. The molecule has 0 radical (unpaired) electrons. The van der Waals surface area contributed by atoms with Crippen LogP contribution < -0.4 is 5.32 Å². The van der Waals surface area contributed by atoms with E-state index in [9.17, 15) is 18.0 Å². The summed E-state index contributed by atoms with van der Waals surface area (Å²) in [6, 6.07) is 5.24. The Morgan fingerprint density at radius 1 is 1.32 bits per heavy atom. The number of benzene rings is 1. The van der Waals surface area contributed by atoms with Crippen LogP contribution in [0.2, 0.25) is 0 Å². The SMILES string of the molecule is CCc1cc(NC(=O)CCc2nc3cc(C(F)(F)F)ccc3s2)n[nH]1. The van der Waals surface area contributed by atoms with Crippen molar-refractivity contribution in [3.63, 3.8) is 0 Å². The molecular formula is C16H15F3N4OS. The quantitative estimate of drug-likeness (QED) is 0.710. The predicted molar refractivity (Wildman–Crippen MR) is 89.5 cm³/mol. The highest BCUT2D eigenvalue weighted by Crippen LogP contribution is 2.33. The maximum absolute atomic E-state index is 12.7. The number of aryl methyl sites for hydroxylation is 2. The summed E-state index contributed by atoms with van der Waals surface area (Å²) >= 11 is 1.29. The molecule has 2 N–H and O–H groups in total. The molecule has 0 unspecified atom stereocenters. The maximum Gasteiger partial charge on any atom is 0.416 e. The van der Waals surface area contributed by atoms with Gasteiger partial charge >= 0.3 is 6.18 Å². The zero-order chi connectivity index (χ0) is 18.0. The normalized spacial score (nSPS) is 11.8. The van der Waals surface area contributed by atoms with Gasteiger partial charge < -0.3 is 5.32 Å². The first-order valence-electron chi connectivity index (χ1n) is 7.66. The van der Waals surface area contributed by atoms with Crippen LogP contribution in [0.3, 0.4) is 0 Å². The molecule has 0 saturated carbocycles. The lowest BCUT2D eigenvalue weighted by Crippen LogP contribution is -2.12. The maximum atomic E-state index is 12.7. The lowest BCUT2D eigenvalue weighted by molar-refractivity contribution is -0.137. The molecule has 0 saturated heterocycles. The second-order valence-corrected chi connectivity index (χ2v) is 6.58. The predicted octanol–water partition coefficient (Wildman–Crippen LogP) is 4.17. The van der Waals surface area contributed by atoms with Crippen LogP contribution in [0.4, 0.5) is 19.0 Å². The molecule has 3 rings (SSSR count). The van der Waals surface area contributed by atoms with E-state index < -0.39 is 11.7 Å². The molecule has 0 atom stereocenters. The van der Waals surface area contributed by atoms with E-state index in [1.807, 2.05) is 6.92 Å². The third-order valence-corrected chi connectivity index (χ3v) is 4.70. The van der Waals surface area contributed by atoms with Crippen molar-refractivity contribution in [3.8, 4) is 0 Å². The monoisotopic (exact) mass is 368 g/mol. The number of aromatic nitrogens is 3. The molecule has 0 aliphatic heterocycles. The highest BCUT2D eigenvalue weighted by atomic mass is 32.1. The number of amides is 1. The van der Waals surface area contributed by atoms with Crippen molar-refractivity contribution in [2.75, 3.05) is 5.32 Å². The van der Waals surface area contributed by atoms with E-state index in [4.69, 9.17) is 0 Å². The first-order chi connectivity index (χ1) is 11.8. The number of H-pyrrole nitrogens is 1. The average molecular weight is 368 g/mol. The highest BCUT2D eigenvalue weighted by molar-refractivity contribution is 7.18. The van der Waals surface area contributed by atoms with E-state index in [-0.39, 0.29) is 12.3 Å². The lowest BCUT2D eigenvalue weighted by Gasteiger charge is -2.04. The average Bonchev–Trinajstić information content (AvgIpc) is 3.17. The number of hydrogen-bond donors (Lipinski definition) is 2. The zero-order valence-electron chi connectivity index (χ0n) is 13.3. The first-order valence-corrected chi connectivity index (χ1v) is 8.47. The van der Waals surface area contributed by atoms with E-state index in [1.165, 1.54) is 17.4 Å². The molecule has 0 fully saturated rings. The van der Waals surface area contributed by atoms with Crippen molar-refractivity contribution in [2.24, 2.45) is 0 Å². The van der Waals surface area contributed by atoms with Crippen LogP contribution in [0.15, 0.2) is 24.3 Å². The zero-order valence-corrected chi connectivity index (χ0v) is 14.1. The van der Waals surface area contributed by atoms with Crippen LogP contribution in [0.25, 0.3) is 10.2 Å². The standard InChI is InChI=1S/C16H15F3N4OS/c1-2-10-8-13(23-22-10)21-14(24)5-6-15-20-11-7-9(16(17,18)19)3-4-12(11)25-15/h3-4,7-8H,2,5-6H2,1H3,(H2,21,22,23,24). The number of thiazole rings is 1. The Bertz CT molecular complexity index is 900. The summed E-state index contributed by atoms with van der Waals surface area (Å²) in [5, 5.41) is 10.1. The van der Waals surface area contributed by atoms with Gasteiger partial charge in [0.15, 0.2) is 5.82 Å². The molecule has 2 aromatic heterocycles. The molecule has 0 spiro atoms. The van der Waals surface area contributed by atoms with E-state index in [0.29, 0.717) is 27.5 Å². The third-order valence-electron chi connectivity index (χ3n) is 3.60. The molecule has 132 valence electrons. The number of rotatable bonds is 5. The highest BCUT2D eigenvalue weighted by Gasteiger charge is 2.30. The van der Waals surface area contributed by atoms with Crippen LogP contribution in [0, 0.1) is 0 Å². The number of nitrogens with zero attached hydrogens (tertiary/aromatic N) is 2. The van der Waals surface area contributed by atoms with E-state index in [2.05, 4.69) is 20.5 Å². The summed E-state index contributed by atoms with van der Waals surface area (Å²) in [6.45, 7) is 1.97. The Labute approximate surface area is 145 Å². The number of aromatic amines is 1. The molecule has 0 aliphatic rings. The van der Waals surface area contributed by atoms with Crippen molar-refractivity contribution in [1.82, 2.24) is 15.2 Å². The largest absolute Gasteiger partial charge is 0.416 e. The summed E-state index contributed by atoms with van der Waals surface area (Å²) in [4.78, 5) is 16.1. The summed E-state index contributed by atoms with van der Waals surface area (Å²) in [6.07, 6.45) is -3.06. The smallest absolute Gasteiger partial charge is 0.309 e. The van der Waals surface area contributed by atoms with Gasteiger partial charge in [-0.25, -0.2) is 4.98 Å². The number of halogens is 3. The van der Waals surface area contributed by atoms with E-state index in [0.717, 1.165) is 24.2 Å². The minimum atomic E-state index is -4.39. The second kappa shape index (κ2) is 6.83. The van der Waals surface area contributed by atoms with E-state index >= 15 is 0 Å². The molecule has 1 aromatic carbocycles. The number of hydrogen-bond acceptors (Lipinski definition) is 4. The van der Waals surface area contributed by atoms with Crippen molar-refractivity contribution >= 4 is 33.3 Å². The lowest BCUT2D eigenvalue weighted by atomic mass is 10.2. The van der Waals surface area contributed by atoms with E-state index in [1.54, 1.807) is 6.07 Å². The molecule has 9 heteroatoms. The number of anilines is 1. The van der Waals surface area contributed by atoms with Crippen LogP contribution in [-0.4, -0.2) is 21.1 Å². The van der Waals surface area contributed by atoms with Crippen molar-refractivity contribution in [1.29, 1.82) is 0 Å². The summed E-state index contributed by atoms with van der Waals surface area (Å²) in [5.41, 5.74) is 0.497. The fourth-order valence-electron chi connectivity index (χ4n) is 2.29. The van der Waals surface area contributed by atoms with Crippen molar-refractivity contribution in [2.45, 2.75) is 32.4 Å². The fourth-order valence-corrected chi connectivity index (χ4v) is 3.24. The minimum absolute atomic E-state index is 0.181. The topological polar surface area (TPSA) is 70.7 Å². The number of fused-ring (bicyclic) bond motifs is 1. The first kappa shape index (κ1) is 17.4. The van der Waals surface area contributed by atoms with Gasteiger partial charge in [0, 0.05) is 24.6 Å². The Kier molecular flexibility index (Phi) is 4.76. The van der Waals surface area contributed by atoms with Crippen LogP contribution in [-0.2, 0) is 23.8 Å². The van der Waals surface area contributed by atoms with Gasteiger partial charge in [0.25, 0.3) is 0 Å². The fraction of sp³-hybridized carbons (Fsp3) is 0.312. The second-order valence-electron chi connectivity index (χ2n) is 5.47. The van der Waals surface area contributed by atoms with Gasteiger partial charge in [0.1, 0.15) is 0 Å². The van der Waals surface area contributed by atoms with Gasteiger partial charge in [-0.15, -0.1) is 11.3 Å². The molecular weight excluding hydrogens is 353 g/mol. The number of carbonyl (C=O) groups is 1. The molecule has 2 heterocycles. The van der Waals surface area contributed by atoms with Crippen LogP contribution in [0.5, 0.6) is 0 Å². The Balaban J connectivity index is 1.63. The van der Waals surface area contributed by atoms with Gasteiger partial charge in [0.05, 0.1) is 20.8 Å². The molecule has 1 amide bonds. The van der Waals surface area contributed by atoms with Gasteiger partial charge in [-0.05, 0) is 24.6 Å². The van der Waals surface area contributed by atoms with Gasteiger partial charge in [-0.3, -0.25) is 9.89 Å². The van der Waals surface area contributed by atoms with Crippen molar-refractivity contribution < 1.29 is 18.0 Å². The van der Waals surface area contributed by atoms with Gasteiger partial charge in [-0.2, -0.15) is 18.3 Å². The number of alkyl halides is 3. The number of nitrogens with one attached hydrogen (secondary N) is 2. The molecule has 0 aliphatic carbocycles. The Morgan fingerprint density at radius 3 is 2.80 bits per heavy atom. The van der Waals surface area contributed by atoms with Gasteiger partial charge in [-0.1, -0.05) is 6.92 Å². The van der Waals surface area contributed by atoms with Gasteiger partial charge in [0.2, 0.25) is 5.91 Å². The third kappa shape index (κ3) is 4.16. The Hall–Kier alpha value is -2.42. The van der Waals surface area contributed by atoms with Crippen LogP contribution in [0.1, 0.15) is 29.6 Å². The van der Waals surface area contributed by atoms with Crippen molar-refractivity contribution in [3.05, 3.63) is 40.5 Å². The summed E-state index contributed by atoms with van der Waals surface area (Å²) < 4.78 is 38.8.